The van der Waals surface area contributed by atoms with Crippen LogP contribution >= 0.6 is 0 Å². The average molecular weight is 290 g/mol. The smallest absolute Gasteiger partial charge is 0.0538 e. The molecule has 0 radical (unpaired) electrons. The van der Waals surface area contributed by atoms with E-state index in [4.69, 9.17) is 0 Å². The van der Waals surface area contributed by atoms with Crippen LogP contribution in [0.25, 0.3) is 22.0 Å². The Hall–Kier alpha value is -2.06. The number of hydrogen-bond acceptors (Lipinski definition) is 1. The first-order chi connectivity index (χ1) is 10.7. The Kier molecular flexibility index (Phi) is 3.27. The molecule has 112 valence electrons. The van der Waals surface area contributed by atoms with Crippen LogP contribution in [0.3, 0.4) is 0 Å². The summed E-state index contributed by atoms with van der Waals surface area (Å²) < 4.78 is 0. The zero-order chi connectivity index (χ0) is 15.1. The summed E-state index contributed by atoms with van der Waals surface area (Å²) in [6, 6.07) is 18.0. The van der Waals surface area contributed by atoms with Crippen molar-refractivity contribution < 1.29 is 0 Å². The molecule has 0 spiro atoms. The average Bonchev–Trinajstić information content (AvgIpc) is 2.93. The first kappa shape index (κ1) is 13.6. The number of aryl methyl sites for hydroxylation is 1. The third-order valence-electron chi connectivity index (χ3n) is 5.01. The van der Waals surface area contributed by atoms with Crippen molar-refractivity contribution in [1.29, 1.82) is 0 Å². The van der Waals surface area contributed by atoms with Crippen LogP contribution in [-0.2, 0) is 12.8 Å². The number of aromatic nitrogens is 1. The van der Waals surface area contributed by atoms with Crippen LogP contribution < -0.4 is 0 Å². The van der Waals surface area contributed by atoms with E-state index >= 15 is 0 Å². The van der Waals surface area contributed by atoms with E-state index in [1.165, 1.54) is 39.7 Å². The third-order valence-corrected chi connectivity index (χ3v) is 5.01. The zero-order valence-electron chi connectivity index (χ0n) is 13.3. The van der Waals surface area contributed by atoms with Crippen molar-refractivity contribution >= 4 is 10.9 Å². The maximum absolute atomic E-state index is 3.72. The Morgan fingerprint density at radius 3 is 2.59 bits per heavy atom. The predicted octanol–water partition coefficient (Wildman–Crippen LogP) is 4.25. The molecule has 2 aromatic carbocycles. The molecule has 1 atom stereocenters. The minimum absolute atomic E-state index is 0.659. The third kappa shape index (κ3) is 2.15. The van der Waals surface area contributed by atoms with E-state index < -0.39 is 0 Å². The van der Waals surface area contributed by atoms with Gasteiger partial charge in [0.2, 0.25) is 0 Å². The van der Waals surface area contributed by atoms with Crippen molar-refractivity contribution in [3.63, 3.8) is 0 Å². The van der Waals surface area contributed by atoms with Gasteiger partial charge in [0, 0.05) is 22.7 Å². The number of nitrogens with one attached hydrogen (secondary N) is 1. The number of likely N-dealkylation sites (N-methyl/N-ethyl adjacent to an activating group) is 1. The second-order valence-electron chi connectivity index (χ2n) is 6.54. The molecule has 1 aliphatic rings. The SMILES string of the molecule is CN(C)C1CCc2[nH]c3c(-c4ccccc4)cccc3c2C1. The maximum Gasteiger partial charge on any atom is 0.0538 e. The van der Waals surface area contributed by atoms with E-state index in [2.05, 4.69) is 72.5 Å². The van der Waals surface area contributed by atoms with Gasteiger partial charge in [-0.05, 0) is 44.5 Å². The van der Waals surface area contributed by atoms with Crippen LogP contribution in [0, 0.1) is 0 Å². The highest BCUT2D eigenvalue weighted by molar-refractivity contribution is 5.97. The number of rotatable bonds is 2. The molecule has 0 bridgehead atoms. The highest BCUT2D eigenvalue weighted by atomic mass is 15.1. The molecule has 2 nitrogen and oxygen atoms in total. The fraction of sp³-hybridized carbons (Fsp3) is 0.300. The molecule has 1 aromatic heterocycles. The Labute approximate surface area is 131 Å². The van der Waals surface area contributed by atoms with Crippen molar-refractivity contribution in [1.82, 2.24) is 9.88 Å². The summed E-state index contributed by atoms with van der Waals surface area (Å²) >= 11 is 0. The molecule has 0 saturated heterocycles. The van der Waals surface area contributed by atoms with Crippen LogP contribution in [0.1, 0.15) is 17.7 Å². The second kappa shape index (κ2) is 5.29. The first-order valence-corrected chi connectivity index (χ1v) is 8.08. The van der Waals surface area contributed by atoms with Gasteiger partial charge in [-0.25, -0.2) is 0 Å². The van der Waals surface area contributed by atoms with Gasteiger partial charge in [0.05, 0.1) is 5.52 Å². The molecule has 2 heteroatoms. The molecule has 4 rings (SSSR count). The zero-order valence-corrected chi connectivity index (χ0v) is 13.3. The van der Waals surface area contributed by atoms with Gasteiger partial charge in [-0.2, -0.15) is 0 Å². The molecule has 1 aliphatic carbocycles. The van der Waals surface area contributed by atoms with Crippen LogP contribution in [0.15, 0.2) is 48.5 Å². The van der Waals surface area contributed by atoms with Gasteiger partial charge in [0.25, 0.3) is 0 Å². The van der Waals surface area contributed by atoms with Gasteiger partial charge in [-0.3, -0.25) is 0 Å². The van der Waals surface area contributed by atoms with Crippen LogP contribution in [0.2, 0.25) is 0 Å². The summed E-state index contributed by atoms with van der Waals surface area (Å²) in [4.78, 5) is 6.09. The fourth-order valence-electron chi connectivity index (χ4n) is 3.72. The van der Waals surface area contributed by atoms with Crippen molar-refractivity contribution in [3.8, 4) is 11.1 Å². The minimum Gasteiger partial charge on any atom is -0.358 e. The van der Waals surface area contributed by atoms with Crippen molar-refractivity contribution in [2.45, 2.75) is 25.3 Å². The van der Waals surface area contributed by atoms with Gasteiger partial charge >= 0.3 is 0 Å². The van der Waals surface area contributed by atoms with Gasteiger partial charge in [0.1, 0.15) is 0 Å². The molecule has 1 N–H and O–H groups in total. The quantitative estimate of drug-likeness (QED) is 0.747. The highest BCUT2D eigenvalue weighted by Crippen LogP contribution is 2.35. The fourth-order valence-corrected chi connectivity index (χ4v) is 3.72. The summed E-state index contributed by atoms with van der Waals surface area (Å²) in [5, 5.41) is 1.41. The Morgan fingerprint density at radius 2 is 1.82 bits per heavy atom. The molecule has 0 saturated carbocycles. The molecular formula is C20H22N2. The van der Waals surface area contributed by atoms with Crippen molar-refractivity contribution in [3.05, 3.63) is 59.8 Å². The summed E-state index contributed by atoms with van der Waals surface area (Å²) in [7, 11) is 4.39. The summed E-state index contributed by atoms with van der Waals surface area (Å²) in [6.07, 6.45) is 3.55. The summed E-state index contributed by atoms with van der Waals surface area (Å²) in [5.74, 6) is 0. The summed E-state index contributed by atoms with van der Waals surface area (Å²) in [5.41, 5.74) is 6.87. The summed E-state index contributed by atoms with van der Waals surface area (Å²) in [6.45, 7) is 0. The van der Waals surface area contributed by atoms with E-state index in [0.29, 0.717) is 6.04 Å². The number of benzene rings is 2. The number of para-hydroxylation sites is 1. The van der Waals surface area contributed by atoms with Crippen LogP contribution in [0.5, 0.6) is 0 Å². The van der Waals surface area contributed by atoms with Crippen molar-refractivity contribution in [2.75, 3.05) is 14.1 Å². The predicted molar refractivity (Wildman–Crippen MR) is 93.2 cm³/mol. The number of H-pyrrole nitrogens is 1. The van der Waals surface area contributed by atoms with E-state index in [0.717, 1.165) is 12.8 Å². The van der Waals surface area contributed by atoms with E-state index in [1.807, 2.05) is 0 Å². The number of hydrogen-bond donors (Lipinski definition) is 1. The molecule has 3 aromatic rings. The minimum atomic E-state index is 0.659. The molecule has 0 fully saturated rings. The van der Waals surface area contributed by atoms with E-state index in [9.17, 15) is 0 Å². The van der Waals surface area contributed by atoms with E-state index in [-0.39, 0.29) is 0 Å². The van der Waals surface area contributed by atoms with Crippen LogP contribution in [0.4, 0.5) is 0 Å². The largest absolute Gasteiger partial charge is 0.358 e. The highest BCUT2D eigenvalue weighted by Gasteiger charge is 2.24. The topological polar surface area (TPSA) is 19.0 Å². The van der Waals surface area contributed by atoms with Crippen LogP contribution in [-0.4, -0.2) is 30.0 Å². The molecule has 0 amide bonds. The molecular weight excluding hydrogens is 268 g/mol. The van der Waals surface area contributed by atoms with E-state index in [1.54, 1.807) is 0 Å². The number of fused-ring (bicyclic) bond motifs is 3. The monoisotopic (exact) mass is 290 g/mol. The Bertz CT molecular complexity index is 799. The number of nitrogens with zero attached hydrogens (tertiary/aromatic N) is 1. The van der Waals surface area contributed by atoms with Gasteiger partial charge in [-0.1, -0.05) is 48.5 Å². The lowest BCUT2D eigenvalue weighted by atomic mass is 9.90. The molecule has 1 heterocycles. The standard InChI is InChI=1S/C20H22N2/c1-22(2)15-11-12-19-18(13-15)17-10-6-9-16(20(17)21-19)14-7-4-3-5-8-14/h3-10,15,21H,11-13H2,1-2H3. The first-order valence-electron chi connectivity index (χ1n) is 8.08. The van der Waals surface area contributed by atoms with Gasteiger partial charge in [0.15, 0.2) is 0 Å². The lowest BCUT2D eigenvalue weighted by Gasteiger charge is -2.28. The second-order valence-corrected chi connectivity index (χ2v) is 6.54. The molecule has 22 heavy (non-hydrogen) atoms. The Morgan fingerprint density at radius 1 is 1.00 bits per heavy atom. The normalized spacial score (nSPS) is 17.9. The lowest BCUT2D eigenvalue weighted by Crippen LogP contribution is -2.33. The molecule has 1 unspecified atom stereocenters. The van der Waals surface area contributed by atoms with Gasteiger partial charge in [-0.15, -0.1) is 0 Å². The number of aromatic amines is 1. The van der Waals surface area contributed by atoms with Gasteiger partial charge < -0.3 is 9.88 Å². The Balaban J connectivity index is 1.87. The lowest BCUT2D eigenvalue weighted by molar-refractivity contribution is 0.268. The molecule has 0 aliphatic heterocycles. The maximum atomic E-state index is 3.72. The van der Waals surface area contributed by atoms with Crippen molar-refractivity contribution in [2.24, 2.45) is 0 Å².